The van der Waals surface area contributed by atoms with Gasteiger partial charge in [-0.2, -0.15) is 0 Å². The van der Waals surface area contributed by atoms with Crippen LogP contribution in [-0.2, 0) is 4.74 Å². The average Bonchev–Trinajstić information content (AvgIpc) is 3.01. The van der Waals surface area contributed by atoms with Crippen LogP contribution in [-0.4, -0.2) is 43.5 Å². The zero-order chi connectivity index (χ0) is 14.3. The van der Waals surface area contributed by atoms with Crippen LogP contribution < -0.4 is 0 Å². The SMILES string of the molecule is O=[N+]([O-])c1cccc2c1ncn2[C@H]1C[C@H](O)[C@@H](CO)O1. The van der Waals surface area contributed by atoms with E-state index in [-0.39, 0.29) is 17.8 Å². The number of aliphatic hydroxyl groups is 2. The largest absolute Gasteiger partial charge is 0.394 e. The first-order valence-electron chi connectivity index (χ1n) is 6.16. The lowest BCUT2D eigenvalue weighted by atomic mass is 10.2. The van der Waals surface area contributed by atoms with E-state index in [9.17, 15) is 15.2 Å². The fourth-order valence-corrected chi connectivity index (χ4v) is 2.47. The van der Waals surface area contributed by atoms with Gasteiger partial charge in [0, 0.05) is 12.5 Å². The number of fused-ring (bicyclic) bond motifs is 1. The molecule has 3 atom stereocenters. The van der Waals surface area contributed by atoms with E-state index in [4.69, 9.17) is 9.84 Å². The van der Waals surface area contributed by atoms with Gasteiger partial charge in [0.15, 0.2) is 5.52 Å². The van der Waals surface area contributed by atoms with Crippen molar-refractivity contribution in [2.45, 2.75) is 24.9 Å². The number of aromatic nitrogens is 2. The quantitative estimate of drug-likeness (QED) is 0.628. The van der Waals surface area contributed by atoms with E-state index in [1.165, 1.54) is 12.4 Å². The van der Waals surface area contributed by atoms with Gasteiger partial charge in [0.25, 0.3) is 5.69 Å². The summed E-state index contributed by atoms with van der Waals surface area (Å²) >= 11 is 0. The molecule has 0 bridgehead atoms. The minimum atomic E-state index is -0.763. The number of imidazole rings is 1. The summed E-state index contributed by atoms with van der Waals surface area (Å²) in [5.74, 6) is 0. The van der Waals surface area contributed by atoms with E-state index in [2.05, 4.69) is 4.98 Å². The first-order valence-corrected chi connectivity index (χ1v) is 6.16. The zero-order valence-electron chi connectivity index (χ0n) is 10.4. The summed E-state index contributed by atoms with van der Waals surface area (Å²) in [5, 5.41) is 29.8. The molecular weight excluding hydrogens is 266 g/mol. The lowest BCUT2D eigenvalue weighted by Crippen LogP contribution is -2.24. The van der Waals surface area contributed by atoms with Gasteiger partial charge in [-0.05, 0) is 6.07 Å². The number of para-hydroxylation sites is 1. The van der Waals surface area contributed by atoms with Crippen molar-refractivity contribution in [3.05, 3.63) is 34.6 Å². The molecule has 1 aliphatic rings. The molecule has 106 valence electrons. The van der Waals surface area contributed by atoms with Crippen molar-refractivity contribution in [2.24, 2.45) is 0 Å². The maximum absolute atomic E-state index is 10.9. The van der Waals surface area contributed by atoms with Crippen molar-refractivity contribution >= 4 is 16.7 Å². The summed E-state index contributed by atoms with van der Waals surface area (Å²) in [5.41, 5.74) is 0.775. The fourth-order valence-electron chi connectivity index (χ4n) is 2.47. The molecule has 0 amide bonds. The van der Waals surface area contributed by atoms with E-state index >= 15 is 0 Å². The van der Waals surface area contributed by atoms with Crippen LogP contribution in [0.2, 0.25) is 0 Å². The number of ether oxygens (including phenoxy) is 1. The van der Waals surface area contributed by atoms with Crippen LogP contribution in [0, 0.1) is 10.1 Å². The molecule has 2 aromatic rings. The minimum Gasteiger partial charge on any atom is -0.394 e. The maximum Gasteiger partial charge on any atom is 0.297 e. The second kappa shape index (κ2) is 4.82. The van der Waals surface area contributed by atoms with Crippen molar-refractivity contribution in [3.8, 4) is 0 Å². The summed E-state index contributed by atoms with van der Waals surface area (Å²) in [6.07, 6.45) is -0.139. The Morgan fingerprint density at radius 1 is 1.55 bits per heavy atom. The highest BCUT2D eigenvalue weighted by molar-refractivity contribution is 5.84. The monoisotopic (exact) mass is 279 g/mol. The standard InChI is InChI=1S/C12H13N3O5/c16-5-10-9(17)4-11(20-10)14-6-13-12-7(14)2-1-3-8(12)15(18)19/h1-3,6,9-11,16-17H,4-5H2/t9-,10+,11+/m0/s1. The highest BCUT2D eigenvalue weighted by atomic mass is 16.6. The Morgan fingerprint density at radius 3 is 3.00 bits per heavy atom. The normalized spacial score (nSPS) is 26.2. The molecule has 1 aromatic carbocycles. The first-order chi connectivity index (χ1) is 9.61. The Kier molecular flexibility index (Phi) is 3.13. The molecule has 20 heavy (non-hydrogen) atoms. The van der Waals surface area contributed by atoms with E-state index in [0.29, 0.717) is 11.9 Å². The molecule has 0 saturated carbocycles. The molecule has 1 aliphatic heterocycles. The number of aliphatic hydroxyl groups excluding tert-OH is 2. The highest BCUT2D eigenvalue weighted by Gasteiger charge is 2.35. The molecule has 0 aliphatic carbocycles. The third-order valence-corrected chi connectivity index (χ3v) is 3.47. The molecule has 2 N–H and O–H groups in total. The lowest BCUT2D eigenvalue weighted by Gasteiger charge is -2.13. The van der Waals surface area contributed by atoms with Gasteiger partial charge in [-0.15, -0.1) is 0 Å². The number of non-ortho nitro benzene ring substituents is 1. The van der Waals surface area contributed by atoms with Gasteiger partial charge in [0.2, 0.25) is 0 Å². The summed E-state index contributed by atoms with van der Waals surface area (Å²) < 4.78 is 7.17. The Labute approximate surface area is 113 Å². The van der Waals surface area contributed by atoms with E-state index < -0.39 is 23.4 Å². The number of nitro benzene ring substituents is 1. The van der Waals surface area contributed by atoms with Crippen LogP contribution in [0.4, 0.5) is 5.69 Å². The molecule has 8 nitrogen and oxygen atoms in total. The molecular formula is C12H13N3O5. The molecule has 3 rings (SSSR count). The maximum atomic E-state index is 10.9. The molecule has 0 radical (unpaired) electrons. The Balaban J connectivity index is 2.02. The van der Waals surface area contributed by atoms with Crippen LogP contribution >= 0.6 is 0 Å². The topological polar surface area (TPSA) is 111 Å². The molecule has 2 heterocycles. The van der Waals surface area contributed by atoms with Crippen molar-refractivity contribution < 1.29 is 19.9 Å². The first kappa shape index (κ1) is 13.0. The van der Waals surface area contributed by atoms with Crippen molar-refractivity contribution in [1.82, 2.24) is 9.55 Å². The molecule has 0 spiro atoms. The Morgan fingerprint density at radius 2 is 2.35 bits per heavy atom. The number of nitrogens with zero attached hydrogens (tertiary/aromatic N) is 3. The zero-order valence-corrected chi connectivity index (χ0v) is 10.4. The van der Waals surface area contributed by atoms with Gasteiger partial charge < -0.3 is 19.5 Å². The molecule has 1 aromatic heterocycles. The summed E-state index contributed by atoms with van der Waals surface area (Å²) in [4.78, 5) is 14.5. The Hall–Kier alpha value is -2.03. The van der Waals surface area contributed by atoms with Crippen LogP contribution in [0.5, 0.6) is 0 Å². The second-order valence-electron chi connectivity index (χ2n) is 4.67. The molecule has 0 unspecified atom stereocenters. The second-order valence-corrected chi connectivity index (χ2v) is 4.67. The van der Waals surface area contributed by atoms with Crippen LogP contribution in [0.15, 0.2) is 24.5 Å². The third kappa shape index (κ3) is 1.94. The van der Waals surface area contributed by atoms with Crippen molar-refractivity contribution in [1.29, 1.82) is 0 Å². The molecule has 1 saturated heterocycles. The predicted molar refractivity (Wildman–Crippen MR) is 68.0 cm³/mol. The average molecular weight is 279 g/mol. The van der Waals surface area contributed by atoms with E-state index in [1.54, 1.807) is 16.7 Å². The predicted octanol–water partition coefficient (Wildman–Crippen LogP) is 0.585. The van der Waals surface area contributed by atoms with Crippen LogP contribution in [0.3, 0.4) is 0 Å². The number of nitro groups is 1. The summed E-state index contributed by atoms with van der Waals surface area (Å²) in [6, 6.07) is 4.67. The minimum absolute atomic E-state index is 0.0708. The van der Waals surface area contributed by atoms with Crippen LogP contribution in [0.1, 0.15) is 12.6 Å². The van der Waals surface area contributed by atoms with E-state index in [0.717, 1.165) is 0 Å². The summed E-state index contributed by atoms with van der Waals surface area (Å²) in [6.45, 7) is -0.273. The number of hydrogen-bond donors (Lipinski definition) is 2. The van der Waals surface area contributed by atoms with Crippen molar-refractivity contribution in [3.63, 3.8) is 0 Å². The van der Waals surface area contributed by atoms with Gasteiger partial charge in [-0.3, -0.25) is 10.1 Å². The third-order valence-electron chi connectivity index (χ3n) is 3.47. The van der Waals surface area contributed by atoms with Gasteiger partial charge in [0.05, 0.1) is 29.5 Å². The number of benzene rings is 1. The van der Waals surface area contributed by atoms with Crippen molar-refractivity contribution in [2.75, 3.05) is 6.61 Å². The van der Waals surface area contributed by atoms with Gasteiger partial charge >= 0.3 is 0 Å². The smallest absolute Gasteiger partial charge is 0.297 e. The molecule has 8 heteroatoms. The fraction of sp³-hybridized carbons (Fsp3) is 0.417. The lowest BCUT2D eigenvalue weighted by molar-refractivity contribution is -0.383. The highest BCUT2D eigenvalue weighted by Crippen LogP contribution is 2.33. The van der Waals surface area contributed by atoms with Gasteiger partial charge in [-0.1, -0.05) is 6.07 Å². The van der Waals surface area contributed by atoms with Gasteiger partial charge in [0.1, 0.15) is 12.3 Å². The molecule has 1 fully saturated rings. The number of rotatable bonds is 3. The number of hydrogen-bond acceptors (Lipinski definition) is 6. The van der Waals surface area contributed by atoms with Crippen LogP contribution in [0.25, 0.3) is 11.0 Å². The van der Waals surface area contributed by atoms with E-state index in [1.807, 2.05) is 0 Å². The Bertz CT molecular complexity index is 656. The van der Waals surface area contributed by atoms with Gasteiger partial charge in [-0.25, -0.2) is 4.98 Å². The summed E-state index contributed by atoms with van der Waals surface area (Å²) in [7, 11) is 0.